The van der Waals surface area contributed by atoms with Crippen molar-refractivity contribution in [3.05, 3.63) is 102 Å². The molecule has 0 atom stereocenters. The molecule has 0 aliphatic rings. The molecule has 0 spiro atoms. The number of hydrogen-bond acceptors (Lipinski definition) is 4. The van der Waals surface area contributed by atoms with Crippen LogP contribution < -0.4 is 10.7 Å². The molecular formula is C22H17N3O3S. The quantitative estimate of drug-likeness (QED) is 0.566. The molecule has 2 heterocycles. The molecule has 0 bridgehead atoms. The zero-order chi connectivity index (χ0) is 20.4. The first kappa shape index (κ1) is 18.8. The van der Waals surface area contributed by atoms with E-state index in [1.165, 1.54) is 12.1 Å². The summed E-state index contributed by atoms with van der Waals surface area (Å²) < 4.78 is 24.6. The van der Waals surface area contributed by atoms with E-state index < -0.39 is 10.0 Å². The van der Waals surface area contributed by atoms with E-state index in [1.807, 2.05) is 48.5 Å². The SMILES string of the molecule is NS(=O)(=O)c1ccc(-c2cc(-c3ccccn3)cn(-c3ccccc3)c2=O)cc1. The van der Waals surface area contributed by atoms with Gasteiger partial charge in [0, 0.05) is 29.2 Å². The summed E-state index contributed by atoms with van der Waals surface area (Å²) >= 11 is 0. The van der Waals surface area contributed by atoms with Crippen LogP contribution in [-0.4, -0.2) is 18.0 Å². The lowest BCUT2D eigenvalue weighted by atomic mass is 10.0. The minimum Gasteiger partial charge on any atom is -0.283 e. The minimum atomic E-state index is -3.81. The number of para-hydroxylation sites is 1. The van der Waals surface area contributed by atoms with E-state index in [1.54, 1.807) is 35.2 Å². The average Bonchev–Trinajstić information content (AvgIpc) is 2.75. The van der Waals surface area contributed by atoms with Crippen molar-refractivity contribution in [2.75, 3.05) is 0 Å². The third kappa shape index (κ3) is 3.87. The van der Waals surface area contributed by atoms with Gasteiger partial charge in [0.15, 0.2) is 0 Å². The maximum absolute atomic E-state index is 13.2. The Morgan fingerprint density at radius 2 is 1.52 bits per heavy atom. The van der Waals surface area contributed by atoms with E-state index in [0.717, 1.165) is 16.9 Å². The van der Waals surface area contributed by atoms with Crippen molar-refractivity contribution in [3.8, 4) is 28.1 Å². The molecule has 0 radical (unpaired) electrons. The molecule has 6 nitrogen and oxygen atoms in total. The summed E-state index contributed by atoms with van der Waals surface area (Å²) in [6.45, 7) is 0. The molecule has 0 unspecified atom stereocenters. The van der Waals surface area contributed by atoms with Crippen LogP contribution in [0.2, 0.25) is 0 Å². The van der Waals surface area contributed by atoms with E-state index in [2.05, 4.69) is 4.98 Å². The molecule has 144 valence electrons. The Balaban J connectivity index is 1.95. The topological polar surface area (TPSA) is 95.1 Å². The van der Waals surface area contributed by atoms with Crippen molar-refractivity contribution >= 4 is 10.0 Å². The summed E-state index contributed by atoms with van der Waals surface area (Å²) in [6.07, 6.45) is 3.44. The summed E-state index contributed by atoms with van der Waals surface area (Å²) in [5.41, 5.74) is 3.00. The first-order chi connectivity index (χ1) is 13.9. The maximum atomic E-state index is 13.2. The minimum absolute atomic E-state index is 0.00878. The monoisotopic (exact) mass is 403 g/mol. The van der Waals surface area contributed by atoms with Gasteiger partial charge in [0.25, 0.3) is 5.56 Å². The Kier molecular flexibility index (Phi) is 4.84. The molecule has 4 rings (SSSR count). The summed E-state index contributed by atoms with van der Waals surface area (Å²) in [4.78, 5) is 17.6. The molecule has 0 aliphatic carbocycles. The zero-order valence-electron chi connectivity index (χ0n) is 15.3. The Labute approximate surface area is 168 Å². The lowest BCUT2D eigenvalue weighted by molar-refractivity contribution is 0.598. The third-order valence-electron chi connectivity index (χ3n) is 4.51. The first-order valence-corrected chi connectivity index (χ1v) is 10.3. The fourth-order valence-electron chi connectivity index (χ4n) is 3.07. The largest absolute Gasteiger partial charge is 0.283 e. The van der Waals surface area contributed by atoms with Gasteiger partial charge in [-0.3, -0.25) is 14.3 Å². The second-order valence-corrected chi connectivity index (χ2v) is 8.00. The van der Waals surface area contributed by atoms with Crippen LogP contribution in [0, 0.1) is 0 Å². The Hall–Kier alpha value is -3.55. The van der Waals surface area contributed by atoms with Crippen molar-refractivity contribution in [2.24, 2.45) is 5.14 Å². The second kappa shape index (κ2) is 7.46. The number of sulfonamides is 1. The fourth-order valence-corrected chi connectivity index (χ4v) is 3.58. The van der Waals surface area contributed by atoms with Crippen molar-refractivity contribution in [3.63, 3.8) is 0 Å². The molecular weight excluding hydrogens is 386 g/mol. The van der Waals surface area contributed by atoms with Gasteiger partial charge in [-0.2, -0.15) is 0 Å². The molecule has 2 N–H and O–H groups in total. The fraction of sp³-hybridized carbons (Fsp3) is 0. The lowest BCUT2D eigenvalue weighted by Crippen LogP contribution is -2.20. The predicted octanol–water partition coefficient (Wildman–Crippen LogP) is 3.21. The highest BCUT2D eigenvalue weighted by Crippen LogP contribution is 2.24. The smallest absolute Gasteiger partial charge is 0.262 e. The number of hydrogen-bond donors (Lipinski definition) is 1. The second-order valence-electron chi connectivity index (χ2n) is 6.44. The Morgan fingerprint density at radius 1 is 0.828 bits per heavy atom. The molecule has 29 heavy (non-hydrogen) atoms. The summed E-state index contributed by atoms with van der Waals surface area (Å²) in [7, 11) is -3.81. The highest BCUT2D eigenvalue weighted by Gasteiger charge is 2.14. The van der Waals surface area contributed by atoms with E-state index in [9.17, 15) is 13.2 Å². The number of benzene rings is 2. The van der Waals surface area contributed by atoms with Gasteiger partial charge in [0.2, 0.25) is 10.0 Å². The first-order valence-electron chi connectivity index (χ1n) is 8.80. The summed E-state index contributed by atoms with van der Waals surface area (Å²) in [6, 6.07) is 22.5. The Bertz CT molecular complexity index is 1320. The van der Waals surface area contributed by atoms with Gasteiger partial charge in [0.1, 0.15) is 0 Å². The van der Waals surface area contributed by atoms with E-state index >= 15 is 0 Å². The number of primary sulfonamides is 1. The van der Waals surface area contributed by atoms with Crippen molar-refractivity contribution in [1.82, 2.24) is 9.55 Å². The van der Waals surface area contributed by atoms with E-state index in [4.69, 9.17) is 5.14 Å². The van der Waals surface area contributed by atoms with Crippen molar-refractivity contribution in [2.45, 2.75) is 4.90 Å². The number of aromatic nitrogens is 2. The predicted molar refractivity (Wildman–Crippen MR) is 112 cm³/mol. The van der Waals surface area contributed by atoms with Crippen molar-refractivity contribution < 1.29 is 8.42 Å². The highest BCUT2D eigenvalue weighted by atomic mass is 32.2. The molecule has 0 amide bonds. The van der Waals surface area contributed by atoms with Gasteiger partial charge in [-0.05, 0) is 48.0 Å². The van der Waals surface area contributed by atoms with E-state index in [0.29, 0.717) is 11.1 Å². The van der Waals surface area contributed by atoms with Gasteiger partial charge < -0.3 is 0 Å². The third-order valence-corrected chi connectivity index (χ3v) is 5.44. The van der Waals surface area contributed by atoms with Gasteiger partial charge in [-0.1, -0.05) is 36.4 Å². The van der Waals surface area contributed by atoms with Crippen LogP contribution >= 0.6 is 0 Å². The highest BCUT2D eigenvalue weighted by molar-refractivity contribution is 7.89. The van der Waals surface area contributed by atoms with Crippen molar-refractivity contribution in [1.29, 1.82) is 0 Å². The molecule has 0 aliphatic heterocycles. The number of pyridine rings is 2. The molecule has 7 heteroatoms. The van der Waals surface area contributed by atoms with Crippen LogP contribution in [-0.2, 0) is 10.0 Å². The van der Waals surface area contributed by atoms with E-state index in [-0.39, 0.29) is 10.5 Å². The zero-order valence-corrected chi connectivity index (χ0v) is 16.1. The number of nitrogens with two attached hydrogens (primary N) is 1. The molecule has 2 aromatic heterocycles. The number of rotatable bonds is 4. The van der Waals surface area contributed by atoms with Gasteiger partial charge in [-0.25, -0.2) is 13.6 Å². The maximum Gasteiger partial charge on any atom is 0.262 e. The van der Waals surface area contributed by atoms with Crippen LogP contribution in [0.3, 0.4) is 0 Å². The van der Waals surface area contributed by atoms with Gasteiger partial charge >= 0.3 is 0 Å². The normalized spacial score (nSPS) is 11.3. The average molecular weight is 403 g/mol. The molecule has 0 fully saturated rings. The van der Waals surface area contributed by atoms with Gasteiger partial charge in [0.05, 0.1) is 10.6 Å². The summed E-state index contributed by atoms with van der Waals surface area (Å²) in [5, 5.41) is 5.17. The summed E-state index contributed by atoms with van der Waals surface area (Å²) in [5.74, 6) is 0. The lowest BCUT2D eigenvalue weighted by Gasteiger charge is -2.12. The van der Waals surface area contributed by atoms with Gasteiger partial charge in [-0.15, -0.1) is 0 Å². The number of nitrogens with zero attached hydrogens (tertiary/aromatic N) is 2. The Morgan fingerprint density at radius 3 is 2.14 bits per heavy atom. The molecule has 2 aromatic carbocycles. The van der Waals surface area contributed by atoms with Crippen LogP contribution in [0.1, 0.15) is 0 Å². The molecule has 0 saturated carbocycles. The van der Waals surface area contributed by atoms with Crippen LogP contribution in [0.25, 0.3) is 28.1 Å². The standard InChI is InChI=1S/C22H17N3O3S/c23-29(27,28)19-11-9-16(10-12-19)20-14-17(21-8-4-5-13-24-21)15-25(22(20)26)18-6-2-1-3-7-18/h1-15H,(H2,23,27,28). The molecule has 4 aromatic rings. The van der Waals surface area contributed by atoms with Crippen LogP contribution in [0.5, 0.6) is 0 Å². The van der Waals surface area contributed by atoms with Crippen LogP contribution in [0.4, 0.5) is 0 Å². The van der Waals surface area contributed by atoms with Crippen LogP contribution in [0.15, 0.2) is 101 Å². The molecule has 0 saturated heterocycles.